The van der Waals surface area contributed by atoms with Gasteiger partial charge in [-0.15, -0.1) is 0 Å². The number of halogens is 1. The van der Waals surface area contributed by atoms with Gasteiger partial charge >= 0.3 is 0 Å². The maximum absolute atomic E-state index is 8.58. The molecular formula is C9H12BrNO. The van der Waals surface area contributed by atoms with Crippen molar-refractivity contribution in [2.45, 2.75) is 13.8 Å². The van der Waals surface area contributed by atoms with Gasteiger partial charge in [0.1, 0.15) is 0 Å². The molecule has 0 saturated carbocycles. The minimum absolute atomic E-state index is 0.250. The van der Waals surface area contributed by atoms with Crippen LogP contribution < -0.4 is 5.73 Å². The lowest BCUT2D eigenvalue weighted by molar-refractivity contribution is -0.106. The summed E-state index contributed by atoms with van der Waals surface area (Å²) >= 11 is 3.45. The lowest BCUT2D eigenvalue weighted by Crippen LogP contribution is -1.82. The topological polar surface area (TPSA) is 43.1 Å². The van der Waals surface area contributed by atoms with Gasteiger partial charge in [0.15, 0.2) is 0 Å². The van der Waals surface area contributed by atoms with Crippen LogP contribution in [-0.4, -0.2) is 6.41 Å². The molecule has 12 heavy (non-hydrogen) atoms. The second-order valence-corrected chi connectivity index (χ2v) is 3.17. The number of benzene rings is 1. The molecule has 0 aliphatic rings. The molecule has 1 aromatic rings. The first-order chi connectivity index (χ1) is 5.63. The van der Waals surface area contributed by atoms with Gasteiger partial charge in [-0.25, -0.2) is 0 Å². The lowest BCUT2D eigenvalue weighted by Gasteiger charge is -1.99. The molecule has 0 radical (unpaired) electrons. The van der Waals surface area contributed by atoms with Crippen LogP contribution in [0.25, 0.3) is 0 Å². The van der Waals surface area contributed by atoms with Gasteiger partial charge in [-0.2, -0.15) is 0 Å². The molecule has 0 bridgehead atoms. The summed E-state index contributed by atoms with van der Waals surface area (Å²) in [5.41, 5.74) is 6.84. The van der Waals surface area contributed by atoms with Gasteiger partial charge in [-0.05, 0) is 31.0 Å². The van der Waals surface area contributed by atoms with E-state index in [9.17, 15) is 0 Å². The van der Waals surface area contributed by atoms with Crippen LogP contribution in [0.5, 0.6) is 0 Å². The van der Waals surface area contributed by atoms with E-state index in [0.717, 1.165) is 0 Å². The van der Waals surface area contributed by atoms with Crippen molar-refractivity contribution in [2.75, 3.05) is 0 Å². The zero-order chi connectivity index (χ0) is 9.56. The van der Waals surface area contributed by atoms with Crippen molar-refractivity contribution in [2.24, 2.45) is 5.73 Å². The van der Waals surface area contributed by atoms with Crippen LogP contribution >= 0.6 is 15.9 Å². The maximum atomic E-state index is 8.58. The average molecular weight is 230 g/mol. The van der Waals surface area contributed by atoms with E-state index in [1.165, 1.54) is 15.6 Å². The molecule has 0 unspecified atom stereocenters. The first-order valence-corrected chi connectivity index (χ1v) is 4.30. The largest absolute Gasteiger partial charge is 0.372 e. The third-order valence-electron chi connectivity index (χ3n) is 1.54. The molecule has 0 atom stereocenters. The van der Waals surface area contributed by atoms with E-state index >= 15 is 0 Å². The third kappa shape index (κ3) is 3.53. The predicted molar refractivity (Wildman–Crippen MR) is 53.9 cm³/mol. The smallest absolute Gasteiger partial charge is 0.204 e. The number of carbonyl (C=O) groups is 1. The Balaban J connectivity index is 0.000000354. The van der Waals surface area contributed by atoms with Gasteiger partial charge < -0.3 is 5.73 Å². The van der Waals surface area contributed by atoms with E-state index in [2.05, 4.69) is 47.6 Å². The van der Waals surface area contributed by atoms with Gasteiger partial charge in [0.2, 0.25) is 6.41 Å². The number of aryl methyl sites for hydroxylation is 1. The Bertz CT molecular complexity index is 240. The molecule has 2 nitrogen and oxygen atoms in total. The highest BCUT2D eigenvalue weighted by atomic mass is 79.9. The van der Waals surface area contributed by atoms with Crippen molar-refractivity contribution in [3.05, 3.63) is 33.8 Å². The van der Waals surface area contributed by atoms with Crippen molar-refractivity contribution < 1.29 is 4.79 Å². The molecule has 0 spiro atoms. The lowest BCUT2D eigenvalue weighted by atomic mass is 10.1. The van der Waals surface area contributed by atoms with Gasteiger partial charge in [0.05, 0.1) is 0 Å². The van der Waals surface area contributed by atoms with Crippen molar-refractivity contribution >= 4 is 22.3 Å². The minimum Gasteiger partial charge on any atom is -0.372 e. The van der Waals surface area contributed by atoms with Gasteiger partial charge in [0, 0.05) is 4.47 Å². The van der Waals surface area contributed by atoms with Crippen LogP contribution in [-0.2, 0) is 4.79 Å². The van der Waals surface area contributed by atoms with Crippen molar-refractivity contribution in [1.29, 1.82) is 0 Å². The Kier molecular flexibility index (Phi) is 5.37. The summed E-state index contributed by atoms with van der Waals surface area (Å²) in [5.74, 6) is 0. The van der Waals surface area contributed by atoms with Crippen molar-refractivity contribution in [3.63, 3.8) is 0 Å². The zero-order valence-corrected chi connectivity index (χ0v) is 8.76. The van der Waals surface area contributed by atoms with Crippen LogP contribution in [0.15, 0.2) is 22.7 Å². The number of primary amides is 1. The second-order valence-electron chi connectivity index (χ2n) is 2.32. The Morgan fingerprint density at radius 2 is 1.92 bits per heavy atom. The molecule has 0 aliphatic carbocycles. The predicted octanol–water partition coefficient (Wildman–Crippen LogP) is 2.17. The quantitative estimate of drug-likeness (QED) is 0.682. The number of hydrogen-bond donors (Lipinski definition) is 1. The van der Waals surface area contributed by atoms with Crippen LogP contribution in [0.3, 0.4) is 0 Å². The Hall–Kier alpha value is -0.830. The summed E-state index contributed by atoms with van der Waals surface area (Å²) in [7, 11) is 0. The first kappa shape index (κ1) is 11.2. The molecule has 1 rings (SSSR count). The fourth-order valence-corrected chi connectivity index (χ4v) is 1.18. The van der Waals surface area contributed by atoms with Gasteiger partial charge in [-0.1, -0.05) is 28.1 Å². The Morgan fingerprint density at radius 1 is 1.42 bits per heavy atom. The summed E-state index contributed by atoms with van der Waals surface area (Å²) in [5, 5.41) is 0. The highest BCUT2D eigenvalue weighted by Crippen LogP contribution is 2.17. The molecule has 1 amide bonds. The van der Waals surface area contributed by atoms with Crippen molar-refractivity contribution in [3.8, 4) is 0 Å². The number of rotatable bonds is 0. The number of carbonyl (C=O) groups excluding carboxylic acids is 1. The Morgan fingerprint density at radius 3 is 2.25 bits per heavy atom. The average Bonchev–Trinajstić information content (AvgIpc) is 2.02. The monoisotopic (exact) mass is 229 g/mol. The van der Waals surface area contributed by atoms with E-state index in [-0.39, 0.29) is 6.41 Å². The molecule has 66 valence electrons. The first-order valence-electron chi connectivity index (χ1n) is 3.50. The van der Waals surface area contributed by atoms with E-state index in [1.54, 1.807) is 0 Å². The molecule has 2 N–H and O–H groups in total. The van der Waals surface area contributed by atoms with E-state index in [4.69, 9.17) is 4.79 Å². The highest BCUT2D eigenvalue weighted by Gasteiger charge is 1.93. The molecule has 0 saturated heterocycles. The van der Waals surface area contributed by atoms with Gasteiger partial charge in [-0.3, -0.25) is 4.79 Å². The van der Waals surface area contributed by atoms with Crippen LogP contribution in [0.2, 0.25) is 0 Å². The maximum Gasteiger partial charge on any atom is 0.204 e. The summed E-state index contributed by atoms with van der Waals surface area (Å²) in [4.78, 5) is 8.58. The van der Waals surface area contributed by atoms with Gasteiger partial charge in [0.25, 0.3) is 0 Å². The normalized spacial score (nSPS) is 8.25. The molecule has 1 aromatic carbocycles. The van der Waals surface area contributed by atoms with E-state index < -0.39 is 0 Å². The van der Waals surface area contributed by atoms with Crippen LogP contribution in [0.1, 0.15) is 11.1 Å². The molecule has 3 heteroatoms. The summed E-state index contributed by atoms with van der Waals surface area (Å²) < 4.78 is 1.20. The molecule has 0 aromatic heterocycles. The number of amides is 1. The highest BCUT2D eigenvalue weighted by molar-refractivity contribution is 9.10. The fraction of sp³-hybridized carbons (Fsp3) is 0.222. The SMILES string of the molecule is Cc1cccc(Br)c1C.NC=O. The number of hydrogen-bond acceptors (Lipinski definition) is 1. The van der Waals surface area contributed by atoms with Crippen LogP contribution in [0.4, 0.5) is 0 Å². The zero-order valence-electron chi connectivity index (χ0n) is 7.17. The third-order valence-corrected chi connectivity index (χ3v) is 2.40. The molecule has 0 heterocycles. The van der Waals surface area contributed by atoms with Crippen LogP contribution in [0, 0.1) is 13.8 Å². The minimum atomic E-state index is 0.250. The second kappa shape index (κ2) is 5.77. The Labute approximate surface area is 80.9 Å². The van der Waals surface area contributed by atoms with E-state index in [0.29, 0.717) is 0 Å². The summed E-state index contributed by atoms with van der Waals surface area (Å²) in [6.45, 7) is 4.22. The van der Waals surface area contributed by atoms with E-state index in [1.807, 2.05) is 6.07 Å². The fourth-order valence-electron chi connectivity index (χ4n) is 0.715. The molecular weight excluding hydrogens is 218 g/mol. The summed E-state index contributed by atoms with van der Waals surface area (Å²) in [6.07, 6.45) is 0.250. The molecule has 0 aliphatic heterocycles. The molecule has 0 fully saturated rings. The standard InChI is InChI=1S/C8H9Br.CH3NO/c1-6-4-3-5-8(9)7(6)2;2-1-3/h3-5H,1-2H3;1H,(H2,2,3). The van der Waals surface area contributed by atoms with Crippen molar-refractivity contribution in [1.82, 2.24) is 0 Å². The summed E-state index contributed by atoms with van der Waals surface area (Å²) in [6, 6.07) is 6.22. The number of nitrogens with two attached hydrogens (primary N) is 1.